The number of nitrogens with zero attached hydrogens (tertiary/aromatic N) is 7. The van der Waals surface area contributed by atoms with Crippen LogP contribution in [0.25, 0.3) is 11.4 Å². The van der Waals surface area contributed by atoms with Crippen molar-refractivity contribution in [2.75, 3.05) is 47.9 Å². The van der Waals surface area contributed by atoms with Gasteiger partial charge in [0.05, 0.1) is 54.9 Å². The Hall–Kier alpha value is -5.23. The first-order chi connectivity index (χ1) is 31.3. The highest BCUT2D eigenvalue weighted by Gasteiger charge is 2.53. The second kappa shape index (κ2) is 19.9. The van der Waals surface area contributed by atoms with Gasteiger partial charge in [-0.05, 0) is 88.2 Å². The first-order valence-electron chi connectivity index (χ1n) is 21.8. The zero-order valence-corrected chi connectivity index (χ0v) is 39.3. The van der Waals surface area contributed by atoms with Crippen LogP contribution in [0.3, 0.4) is 0 Å². The zero-order valence-electron chi connectivity index (χ0n) is 37.8. The molecule has 0 spiro atoms. The van der Waals surface area contributed by atoms with Gasteiger partial charge in [-0.3, -0.25) is 24.2 Å². The summed E-state index contributed by atoms with van der Waals surface area (Å²) in [6, 6.07) is 10.3. The van der Waals surface area contributed by atoms with Gasteiger partial charge < -0.3 is 39.0 Å². The molecular weight excluding hydrogens is 900 g/mol. The predicted molar refractivity (Wildman–Crippen MR) is 241 cm³/mol. The summed E-state index contributed by atoms with van der Waals surface area (Å²) in [6.45, 7) is 1.51. The molecule has 14 nitrogen and oxygen atoms in total. The number of benzene rings is 2. The number of aromatic nitrogens is 3. The number of alkyl halides is 2. The standard InChI is InChI=1S/C47H55Cl2F3N8O6/c1-28-43(62)55-38(26-65-6)45(64)58(5)46(19-29-8-10-31(48)11-9-29)14-7-15-59(27-46)44(63)34(30-20-47(51,52)21-30)18-42(61)60(28)24-35-36(50)16-32(49)17-40(35)66-33-12-13-37(53-22-33)39-23-54-41(57(39)4)25-56(2)3/h8-13,16-17,22-23,28,30,34,38H,7,14-15,18-21,24-27H2,1-6H3,(H,55,62)/t28-,34-,38-,46+/m0/s1. The fourth-order valence-corrected chi connectivity index (χ4v) is 9.64. The smallest absolute Gasteiger partial charge is 0.248 e. The van der Waals surface area contributed by atoms with Gasteiger partial charge in [0, 0.05) is 69.2 Å². The first-order valence-corrected chi connectivity index (χ1v) is 22.6. The van der Waals surface area contributed by atoms with Crippen molar-refractivity contribution >= 4 is 46.8 Å². The molecule has 2 bridgehead atoms. The lowest BCUT2D eigenvalue weighted by Crippen LogP contribution is -2.66. The summed E-state index contributed by atoms with van der Waals surface area (Å²) in [7, 11) is 8.76. The van der Waals surface area contributed by atoms with E-state index in [0.29, 0.717) is 36.5 Å². The topological polar surface area (TPSA) is 142 Å². The number of rotatable bonds is 12. The molecule has 1 N–H and O–H groups in total. The average molecular weight is 956 g/mol. The van der Waals surface area contributed by atoms with Crippen LogP contribution in [0.2, 0.25) is 10.0 Å². The third-order valence-electron chi connectivity index (χ3n) is 13.1. The third-order valence-corrected chi connectivity index (χ3v) is 13.6. The van der Waals surface area contributed by atoms with Crippen LogP contribution in [0.1, 0.15) is 56.0 Å². The predicted octanol–water partition coefficient (Wildman–Crippen LogP) is 6.76. The Balaban J connectivity index is 1.24. The molecule has 4 aromatic rings. The van der Waals surface area contributed by atoms with E-state index < -0.39 is 90.6 Å². The Labute approximate surface area is 392 Å². The normalized spacial score (nSPS) is 23.2. The van der Waals surface area contributed by atoms with E-state index in [-0.39, 0.29) is 41.8 Å². The number of methoxy groups -OCH3 is 1. The highest BCUT2D eigenvalue weighted by atomic mass is 35.5. The molecule has 0 radical (unpaired) electrons. The molecular formula is C47H55Cl2F3N8O6. The van der Waals surface area contributed by atoms with E-state index in [1.165, 1.54) is 26.3 Å². The van der Waals surface area contributed by atoms with Crippen molar-refractivity contribution in [3.05, 3.63) is 93.7 Å². The van der Waals surface area contributed by atoms with Gasteiger partial charge in [-0.15, -0.1) is 0 Å². The minimum Gasteiger partial charge on any atom is -0.455 e. The molecule has 1 saturated carbocycles. The lowest BCUT2D eigenvalue weighted by molar-refractivity contribution is -0.164. The molecule has 4 amide bonds. The Kier molecular flexibility index (Phi) is 14.7. The Morgan fingerprint density at radius 1 is 0.955 bits per heavy atom. The lowest BCUT2D eigenvalue weighted by Gasteiger charge is -2.51. The van der Waals surface area contributed by atoms with Crippen LogP contribution < -0.4 is 10.1 Å². The maximum atomic E-state index is 16.3. The lowest BCUT2D eigenvalue weighted by atomic mass is 9.70. The summed E-state index contributed by atoms with van der Waals surface area (Å²) in [5.41, 5.74) is 1.02. The number of fused-ring (bicyclic) bond motifs is 2. The zero-order chi connectivity index (χ0) is 47.7. The van der Waals surface area contributed by atoms with E-state index in [2.05, 4.69) is 15.3 Å². The molecule has 1 aliphatic carbocycles. The second-order valence-electron chi connectivity index (χ2n) is 18.0. The van der Waals surface area contributed by atoms with Gasteiger partial charge >= 0.3 is 0 Å². The molecule has 19 heteroatoms. The maximum Gasteiger partial charge on any atom is 0.248 e. The molecule has 2 aromatic carbocycles. The monoisotopic (exact) mass is 954 g/mol. The van der Waals surface area contributed by atoms with Gasteiger partial charge in [-0.25, -0.2) is 18.2 Å². The Morgan fingerprint density at radius 3 is 2.33 bits per heavy atom. The van der Waals surface area contributed by atoms with E-state index in [4.69, 9.17) is 32.7 Å². The number of hydrogen-bond donors (Lipinski definition) is 1. The van der Waals surface area contributed by atoms with Crippen LogP contribution >= 0.6 is 23.2 Å². The van der Waals surface area contributed by atoms with Crippen molar-refractivity contribution in [1.82, 2.24) is 39.5 Å². The van der Waals surface area contributed by atoms with Crippen LogP contribution in [0.4, 0.5) is 13.2 Å². The van der Waals surface area contributed by atoms with E-state index in [1.54, 1.807) is 47.3 Å². The van der Waals surface area contributed by atoms with Crippen LogP contribution in [-0.2, 0) is 50.5 Å². The largest absolute Gasteiger partial charge is 0.455 e. The molecule has 2 saturated heterocycles. The van der Waals surface area contributed by atoms with Crippen molar-refractivity contribution in [3.8, 4) is 22.9 Å². The summed E-state index contributed by atoms with van der Waals surface area (Å²) >= 11 is 12.6. The average Bonchev–Trinajstić information content (AvgIpc) is 3.62. The van der Waals surface area contributed by atoms with Crippen molar-refractivity contribution < 1.29 is 41.8 Å². The Morgan fingerprint density at radius 2 is 1.68 bits per heavy atom. The van der Waals surface area contributed by atoms with Crippen LogP contribution in [0, 0.1) is 17.7 Å². The molecule has 3 fully saturated rings. The van der Waals surface area contributed by atoms with Crippen molar-refractivity contribution in [2.45, 2.75) is 82.1 Å². The fraction of sp³-hybridized carbons (Fsp3) is 0.489. The van der Waals surface area contributed by atoms with Crippen molar-refractivity contribution in [1.29, 1.82) is 0 Å². The van der Waals surface area contributed by atoms with Gasteiger partial charge in [0.2, 0.25) is 29.6 Å². The molecule has 4 atom stereocenters. The summed E-state index contributed by atoms with van der Waals surface area (Å²) < 4.78 is 59.1. The number of carbonyl (C=O) groups is 4. The Bertz CT molecular complexity index is 2430. The highest BCUT2D eigenvalue weighted by molar-refractivity contribution is 6.31. The number of carbonyl (C=O) groups excluding carboxylic acids is 4. The number of piperidine rings is 1. The van der Waals surface area contributed by atoms with Crippen LogP contribution in [0.15, 0.2) is 60.9 Å². The van der Waals surface area contributed by atoms with E-state index >= 15 is 4.39 Å². The van der Waals surface area contributed by atoms with Gasteiger partial charge in [-0.2, -0.15) is 0 Å². The van der Waals surface area contributed by atoms with Crippen LogP contribution in [-0.4, -0.2) is 129 Å². The molecule has 2 aliphatic heterocycles. The summed E-state index contributed by atoms with van der Waals surface area (Å²) in [5, 5.41) is 3.28. The van der Waals surface area contributed by atoms with Crippen molar-refractivity contribution in [2.24, 2.45) is 18.9 Å². The number of nitrogens with one attached hydrogen (secondary N) is 1. The number of ether oxygens (including phenoxy) is 2. The number of halogens is 5. The van der Waals surface area contributed by atoms with Gasteiger partial charge in [0.1, 0.15) is 35.2 Å². The first kappa shape index (κ1) is 48.7. The summed E-state index contributed by atoms with van der Waals surface area (Å²) in [5.74, 6) is -7.59. The summed E-state index contributed by atoms with van der Waals surface area (Å²) in [4.78, 5) is 73.9. The number of hydrogen-bond acceptors (Lipinski definition) is 9. The fourth-order valence-electron chi connectivity index (χ4n) is 9.32. The maximum absolute atomic E-state index is 16.3. The number of pyridine rings is 1. The van der Waals surface area contributed by atoms with E-state index in [9.17, 15) is 28.0 Å². The second-order valence-corrected chi connectivity index (χ2v) is 18.9. The van der Waals surface area contributed by atoms with Crippen molar-refractivity contribution in [3.63, 3.8) is 0 Å². The quantitative estimate of drug-likeness (QED) is 0.163. The summed E-state index contributed by atoms with van der Waals surface area (Å²) in [6.07, 6.45) is 2.63. The number of imidazole rings is 1. The number of likely N-dealkylation sites (N-methyl/N-ethyl adjacent to an activating group) is 1. The molecule has 3 aliphatic rings. The molecule has 4 heterocycles. The van der Waals surface area contributed by atoms with Crippen LogP contribution in [0.5, 0.6) is 11.5 Å². The van der Waals surface area contributed by atoms with E-state index in [1.807, 2.05) is 42.7 Å². The van der Waals surface area contributed by atoms with Gasteiger partial charge in [0.25, 0.3) is 0 Å². The third kappa shape index (κ3) is 10.6. The molecule has 7 rings (SSSR count). The molecule has 66 heavy (non-hydrogen) atoms. The SMILES string of the molecule is COC[C@@H]1NC(=O)[C@H](C)N(Cc2c(F)cc(Cl)cc2Oc2ccc(-c3cnc(CN(C)C)n3C)nc2)C(=O)C[C@@H](C2CC(F)(F)C2)C(=O)N2CCC[C@@](Cc3ccc(Cl)cc3)(C2)N(C)C1=O. The number of amides is 4. The van der Waals surface area contributed by atoms with Gasteiger partial charge in [0.15, 0.2) is 0 Å². The highest BCUT2D eigenvalue weighted by Crippen LogP contribution is 2.48. The minimum atomic E-state index is -3.03. The molecule has 0 unspecified atom stereocenters. The molecule has 354 valence electrons. The molecule has 2 aromatic heterocycles. The minimum absolute atomic E-state index is 0.0208. The van der Waals surface area contributed by atoms with E-state index in [0.717, 1.165) is 28.0 Å². The van der Waals surface area contributed by atoms with Gasteiger partial charge in [-0.1, -0.05) is 35.3 Å².